The van der Waals surface area contributed by atoms with Gasteiger partial charge in [-0.05, 0) is 6.07 Å². The van der Waals surface area contributed by atoms with E-state index in [0.717, 1.165) is 5.56 Å². The Morgan fingerprint density at radius 1 is 1.33 bits per heavy atom. The number of nitrogens with one attached hydrogen (secondary N) is 2. The highest BCUT2D eigenvalue weighted by Gasteiger charge is 1.97. The van der Waals surface area contributed by atoms with Crippen LogP contribution in [0.5, 0.6) is 0 Å². The first-order chi connectivity index (χ1) is 5.86. The van der Waals surface area contributed by atoms with Gasteiger partial charge in [-0.25, -0.2) is 4.98 Å². The van der Waals surface area contributed by atoms with E-state index < -0.39 is 0 Å². The lowest BCUT2D eigenvalue weighted by Gasteiger charge is -1.92. The summed E-state index contributed by atoms with van der Waals surface area (Å²) in [7, 11) is 0. The molecule has 4 nitrogen and oxygen atoms in total. The topological polar surface area (TPSA) is 61.5 Å². The summed E-state index contributed by atoms with van der Waals surface area (Å²) >= 11 is 0. The van der Waals surface area contributed by atoms with E-state index >= 15 is 0 Å². The molecule has 0 aliphatic rings. The highest BCUT2D eigenvalue weighted by molar-refractivity contribution is 5.52. The third kappa shape index (κ3) is 1.14. The van der Waals surface area contributed by atoms with Gasteiger partial charge in [0.25, 0.3) is 5.56 Å². The van der Waals surface area contributed by atoms with Crippen LogP contribution in [0.2, 0.25) is 0 Å². The molecule has 2 aromatic heterocycles. The molecule has 0 atom stereocenters. The van der Waals surface area contributed by atoms with E-state index in [1.165, 1.54) is 12.3 Å². The minimum atomic E-state index is -0.138. The van der Waals surface area contributed by atoms with Crippen LogP contribution in [0.1, 0.15) is 0 Å². The van der Waals surface area contributed by atoms with Gasteiger partial charge in [-0.3, -0.25) is 4.79 Å². The van der Waals surface area contributed by atoms with Crippen LogP contribution in [0, 0.1) is 0 Å². The first kappa shape index (κ1) is 6.84. The number of hydrogen-bond acceptors (Lipinski definition) is 2. The first-order valence-corrected chi connectivity index (χ1v) is 3.55. The largest absolute Gasteiger partial charge is 0.367 e. The van der Waals surface area contributed by atoms with Crippen molar-refractivity contribution in [3.8, 4) is 11.4 Å². The molecule has 0 bridgehead atoms. The predicted molar refractivity (Wildman–Crippen MR) is 44.6 cm³/mol. The molecule has 0 aliphatic heterocycles. The van der Waals surface area contributed by atoms with Crippen LogP contribution in [0.3, 0.4) is 0 Å². The van der Waals surface area contributed by atoms with Gasteiger partial charge in [-0.15, -0.1) is 0 Å². The van der Waals surface area contributed by atoms with Crippen molar-refractivity contribution in [1.82, 2.24) is 15.0 Å². The molecule has 0 fully saturated rings. The zero-order chi connectivity index (χ0) is 8.39. The van der Waals surface area contributed by atoms with Crippen LogP contribution < -0.4 is 5.56 Å². The van der Waals surface area contributed by atoms with E-state index in [1.54, 1.807) is 12.4 Å². The average molecular weight is 161 g/mol. The molecule has 0 unspecified atom stereocenters. The number of rotatable bonds is 1. The van der Waals surface area contributed by atoms with Gasteiger partial charge in [-0.2, -0.15) is 0 Å². The minimum absolute atomic E-state index is 0.138. The Kier molecular flexibility index (Phi) is 1.51. The molecular formula is C8H7N3O. The molecule has 0 amide bonds. The Labute approximate surface area is 68.3 Å². The molecule has 2 aromatic rings. The molecule has 2 heterocycles. The van der Waals surface area contributed by atoms with E-state index in [9.17, 15) is 4.79 Å². The molecule has 0 aromatic carbocycles. The predicted octanol–water partition coefficient (Wildman–Crippen LogP) is 0.765. The van der Waals surface area contributed by atoms with Crippen LogP contribution in [-0.2, 0) is 0 Å². The van der Waals surface area contributed by atoms with Crippen molar-refractivity contribution in [2.75, 3.05) is 0 Å². The van der Waals surface area contributed by atoms with E-state index in [2.05, 4.69) is 15.0 Å². The summed E-state index contributed by atoms with van der Waals surface area (Å²) in [4.78, 5) is 20.4. The quantitative estimate of drug-likeness (QED) is 0.648. The first-order valence-electron chi connectivity index (χ1n) is 3.55. The van der Waals surface area contributed by atoms with Gasteiger partial charge in [0, 0.05) is 30.2 Å². The Hall–Kier alpha value is -1.84. The summed E-state index contributed by atoms with van der Waals surface area (Å²) in [6.45, 7) is 0. The molecule has 0 spiro atoms. The summed E-state index contributed by atoms with van der Waals surface area (Å²) in [5, 5.41) is 0. The molecule has 0 saturated heterocycles. The number of H-pyrrole nitrogens is 2. The highest BCUT2D eigenvalue weighted by Crippen LogP contribution is 2.09. The van der Waals surface area contributed by atoms with Crippen molar-refractivity contribution >= 4 is 0 Å². The standard InChI is InChI=1S/C8H7N3O/c12-7-2-4-10-8(11-7)6-1-3-9-5-6/h1-5,9H,(H,10,11,12). The monoisotopic (exact) mass is 161 g/mol. The Bertz CT molecular complexity index is 416. The fourth-order valence-electron chi connectivity index (χ4n) is 0.988. The van der Waals surface area contributed by atoms with E-state index in [0.29, 0.717) is 5.82 Å². The van der Waals surface area contributed by atoms with Crippen molar-refractivity contribution in [2.45, 2.75) is 0 Å². The van der Waals surface area contributed by atoms with Crippen molar-refractivity contribution in [1.29, 1.82) is 0 Å². The third-order valence-electron chi connectivity index (χ3n) is 1.54. The molecular weight excluding hydrogens is 154 g/mol. The van der Waals surface area contributed by atoms with Crippen molar-refractivity contribution in [2.24, 2.45) is 0 Å². The highest BCUT2D eigenvalue weighted by atomic mass is 16.1. The van der Waals surface area contributed by atoms with Crippen LogP contribution in [0.15, 0.2) is 35.5 Å². The Morgan fingerprint density at radius 3 is 2.92 bits per heavy atom. The Morgan fingerprint density at radius 2 is 2.25 bits per heavy atom. The normalized spacial score (nSPS) is 10.0. The third-order valence-corrected chi connectivity index (χ3v) is 1.54. The molecule has 2 N–H and O–H groups in total. The maximum absolute atomic E-state index is 10.9. The minimum Gasteiger partial charge on any atom is -0.367 e. The van der Waals surface area contributed by atoms with Gasteiger partial charge < -0.3 is 9.97 Å². The smallest absolute Gasteiger partial charge is 0.251 e. The summed E-state index contributed by atoms with van der Waals surface area (Å²) in [6.07, 6.45) is 5.04. The van der Waals surface area contributed by atoms with Gasteiger partial charge in [0.05, 0.1) is 0 Å². The summed E-state index contributed by atoms with van der Waals surface area (Å²) < 4.78 is 0. The second-order valence-corrected chi connectivity index (χ2v) is 2.38. The number of nitrogens with zero attached hydrogens (tertiary/aromatic N) is 1. The van der Waals surface area contributed by atoms with Gasteiger partial charge in [0.15, 0.2) is 0 Å². The van der Waals surface area contributed by atoms with Gasteiger partial charge in [-0.1, -0.05) is 0 Å². The maximum atomic E-state index is 10.9. The van der Waals surface area contributed by atoms with E-state index in [1.807, 2.05) is 6.07 Å². The molecule has 12 heavy (non-hydrogen) atoms. The SMILES string of the molecule is O=c1ccnc(-c2cc[nH]c2)[nH]1. The maximum Gasteiger partial charge on any atom is 0.251 e. The lowest BCUT2D eigenvalue weighted by molar-refractivity contribution is 1.13. The molecule has 4 heteroatoms. The fourth-order valence-corrected chi connectivity index (χ4v) is 0.988. The van der Waals surface area contributed by atoms with Crippen LogP contribution in [0.25, 0.3) is 11.4 Å². The Balaban J connectivity index is 2.55. The number of hydrogen-bond donors (Lipinski definition) is 2. The lowest BCUT2D eigenvalue weighted by Crippen LogP contribution is -2.05. The lowest BCUT2D eigenvalue weighted by atomic mass is 10.3. The number of aromatic amines is 2. The number of aromatic nitrogens is 3. The average Bonchev–Trinajstić information content (AvgIpc) is 2.56. The van der Waals surface area contributed by atoms with Crippen LogP contribution in [0.4, 0.5) is 0 Å². The van der Waals surface area contributed by atoms with Gasteiger partial charge in [0.2, 0.25) is 0 Å². The van der Waals surface area contributed by atoms with Gasteiger partial charge >= 0.3 is 0 Å². The van der Waals surface area contributed by atoms with Crippen molar-refractivity contribution in [3.05, 3.63) is 41.1 Å². The van der Waals surface area contributed by atoms with Crippen LogP contribution >= 0.6 is 0 Å². The molecule has 0 radical (unpaired) electrons. The second kappa shape index (κ2) is 2.65. The van der Waals surface area contributed by atoms with Crippen LogP contribution in [-0.4, -0.2) is 15.0 Å². The molecule has 0 saturated carbocycles. The second-order valence-electron chi connectivity index (χ2n) is 2.38. The zero-order valence-electron chi connectivity index (χ0n) is 6.24. The summed E-state index contributed by atoms with van der Waals surface area (Å²) in [5.74, 6) is 0.587. The van der Waals surface area contributed by atoms with E-state index in [-0.39, 0.29) is 5.56 Å². The molecule has 60 valence electrons. The molecule has 2 rings (SSSR count). The van der Waals surface area contributed by atoms with Gasteiger partial charge in [0.1, 0.15) is 5.82 Å². The summed E-state index contributed by atoms with van der Waals surface area (Å²) in [5.41, 5.74) is 0.744. The fraction of sp³-hybridized carbons (Fsp3) is 0. The summed E-state index contributed by atoms with van der Waals surface area (Å²) in [6, 6.07) is 3.23. The zero-order valence-corrected chi connectivity index (χ0v) is 6.24. The van der Waals surface area contributed by atoms with E-state index in [4.69, 9.17) is 0 Å². The molecule has 0 aliphatic carbocycles. The van der Waals surface area contributed by atoms with Crippen molar-refractivity contribution in [3.63, 3.8) is 0 Å². The van der Waals surface area contributed by atoms with Crippen molar-refractivity contribution < 1.29 is 0 Å².